The Hall–Kier alpha value is -1.60. The summed E-state index contributed by atoms with van der Waals surface area (Å²) in [6.45, 7) is 2.32. The standard InChI is InChI=1S/C13H17BrN2O4/c1-3-9(7-20-2)15-13(19)16-11-6-8(14)4-5-10(11)12(17)18/h4-6,9H,3,7H2,1-2H3,(H,17,18)(H2,15,16,19). The molecular formula is C13H17BrN2O4. The third-order valence-electron chi connectivity index (χ3n) is 2.66. The van der Waals surface area contributed by atoms with Crippen molar-refractivity contribution in [2.45, 2.75) is 19.4 Å². The zero-order chi connectivity index (χ0) is 15.1. The maximum absolute atomic E-state index is 11.9. The molecule has 1 unspecified atom stereocenters. The molecule has 1 aromatic carbocycles. The van der Waals surface area contributed by atoms with Gasteiger partial charge < -0.3 is 20.5 Å². The third-order valence-corrected chi connectivity index (χ3v) is 3.15. The second-order valence-electron chi connectivity index (χ2n) is 4.15. The van der Waals surface area contributed by atoms with Crippen molar-refractivity contribution in [2.75, 3.05) is 19.0 Å². The van der Waals surface area contributed by atoms with Gasteiger partial charge in [0.2, 0.25) is 0 Å². The van der Waals surface area contributed by atoms with Gasteiger partial charge in [-0.25, -0.2) is 9.59 Å². The second-order valence-corrected chi connectivity index (χ2v) is 5.07. The molecular weight excluding hydrogens is 328 g/mol. The van der Waals surface area contributed by atoms with Gasteiger partial charge in [-0.1, -0.05) is 22.9 Å². The van der Waals surface area contributed by atoms with Crippen LogP contribution in [0.5, 0.6) is 0 Å². The Bertz CT molecular complexity index is 493. The van der Waals surface area contributed by atoms with Crippen molar-refractivity contribution in [1.29, 1.82) is 0 Å². The topological polar surface area (TPSA) is 87.7 Å². The van der Waals surface area contributed by atoms with Crippen LogP contribution in [-0.4, -0.2) is 36.9 Å². The summed E-state index contributed by atoms with van der Waals surface area (Å²) in [4.78, 5) is 22.9. The zero-order valence-electron chi connectivity index (χ0n) is 11.3. The van der Waals surface area contributed by atoms with Crippen molar-refractivity contribution >= 4 is 33.6 Å². The van der Waals surface area contributed by atoms with Gasteiger partial charge in [-0.15, -0.1) is 0 Å². The van der Waals surface area contributed by atoms with Crippen LogP contribution in [0.15, 0.2) is 22.7 Å². The Morgan fingerprint density at radius 1 is 1.45 bits per heavy atom. The second kappa shape index (κ2) is 7.86. The van der Waals surface area contributed by atoms with E-state index < -0.39 is 12.0 Å². The molecule has 0 fully saturated rings. The molecule has 0 bridgehead atoms. The Labute approximate surface area is 125 Å². The van der Waals surface area contributed by atoms with E-state index in [0.29, 0.717) is 17.5 Å². The number of amides is 2. The highest BCUT2D eigenvalue weighted by molar-refractivity contribution is 9.10. The average Bonchev–Trinajstić information content (AvgIpc) is 2.37. The Morgan fingerprint density at radius 2 is 2.15 bits per heavy atom. The van der Waals surface area contributed by atoms with E-state index in [1.165, 1.54) is 6.07 Å². The number of carboxylic acid groups (broad SMARTS) is 1. The van der Waals surface area contributed by atoms with Crippen molar-refractivity contribution in [3.8, 4) is 0 Å². The van der Waals surface area contributed by atoms with E-state index in [4.69, 9.17) is 9.84 Å². The van der Waals surface area contributed by atoms with Crippen molar-refractivity contribution in [2.24, 2.45) is 0 Å². The minimum absolute atomic E-state index is 0.0307. The van der Waals surface area contributed by atoms with Gasteiger partial charge >= 0.3 is 12.0 Å². The molecule has 0 saturated carbocycles. The SMILES string of the molecule is CCC(COC)NC(=O)Nc1cc(Br)ccc1C(=O)O. The lowest BCUT2D eigenvalue weighted by atomic mass is 10.2. The molecule has 0 radical (unpaired) electrons. The van der Waals surface area contributed by atoms with Crippen molar-refractivity contribution < 1.29 is 19.4 Å². The summed E-state index contributed by atoms with van der Waals surface area (Å²) in [5.41, 5.74) is 0.264. The summed E-state index contributed by atoms with van der Waals surface area (Å²) < 4.78 is 5.67. The highest BCUT2D eigenvalue weighted by Crippen LogP contribution is 2.21. The van der Waals surface area contributed by atoms with Gasteiger partial charge in [0.25, 0.3) is 0 Å². The number of hydrogen-bond acceptors (Lipinski definition) is 3. The predicted molar refractivity (Wildman–Crippen MR) is 79.2 cm³/mol. The molecule has 1 rings (SSSR count). The lowest BCUT2D eigenvalue weighted by molar-refractivity contribution is 0.0698. The molecule has 0 heterocycles. The number of anilines is 1. The van der Waals surface area contributed by atoms with E-state index in [0.717, 1.165) is 0 Å². The monoisotopic (exact) mass is 344 g/mol. The first-order valence-corrected chi connectivity index (χ1v) is 6.86. The minimum Gasteiger partial charge on any atom is -0.478 e. The summed E-state index contributed by atoms with van der Waals surface area (Å²) in [7, 11) is 1.55. The van der Waals surface area contributed by atoms with Gasteiger partial charge in [-0.05, 0) is 24.6 Å². The third kappa shape index (κ3) is 4.82. The number of ether oxygens (including phenoxy) is 1. The van der Waals surface area contributed by atoms with Crippen LogP contribution in [0.4, 0.5) is 10.5 Å². The fourth-order valence-corrected chi connectivity index (χ4v) is 1.97. The molecule has 3 N–H and O–H groups in total. The molecule has 0 saturated heterocycles. The first-order valence-electron chi connectivity index (χ1n) is 6.07. The summed E-state index contributed by atoms with van der Waals surface area (Å²) in [6, 6.07) is 3.98. The normalized spacial score (nSPS) is 11.8. The molecule has 7 heteroatoms. The molecule has 0 spiro atoms. The van der Waals surface area contributed by atoms with E-state index in [-0.39, 0.29) is 17.3 Å². The van der Waals surface area contributed by atoms with E-state index in [2.05, 4.69) is 26.6 Å². The molecule has 6 nitrogen and oxygen atoms in total. The molecule has 110 valence electrons. The number of benzene rings is 1. The van der Waals surface area contributed by atoms with E-state index in [9.17, 15) is 9.59 Å². The lowest BCUT2D eigenvalue weighted by Gasteiger charge is -2.17. The van der Waals surface area contributed by atoms with Crippen LogP contribution in [0.25, 0.3) is 0 Å². The number of nitrogens with one attached hydrogen (secondary N) is 2. The van der Waals surface area contributed by atoms with E-state index >= 15 is 0 Å². The van der Waals surface area contributed by atoms with Crippen LogP contribution in [-0.2, 0) is 4.74 Å². The van der Waals surface area contributed by atoms with E-state index in [1.54, 1.807) is 19.2 Å². The zero-order valence-corrected chi connectivity index (χ0v) is 12.9. The summed E-state index contributed by atoms with van der Waals surface area (Å²) in [6.07, 6.45) is 0.714. The maximum Gasteiger partial charge on any atom is 0.337 e. The predicted octanol–water partition coefficient (Wildman–Crippen LogP) is 2.69. The van der Waals surface area contributed by atoms with Crippen molar-refractivity contribution in [3.63, 3.8) is 0 Å². The summed E-state index contributed by atoms with van der Waals surface area (Å²) in [5, 5.41) is 14.3. The fraction of sp³-hybridized carbons (Fsp3) is 0.385. The fourth-order valence-electron chi connectivity index (χ4n) is 1.61. The van der Waals surface area contributed by atoms with Gasteiger partial charge in [0, 0.05) is 11.6 Å². The number of hydrogen-bond donors (Lipinski definition) is 3. The lowest BCUT2D eigenvalue weighted by Crippen LogP contribution is -2.40. The van der Waals surface area contributed by atoms with Crippen molar-refractivity contribution in [1.82, 2.24) is 5.32 Å². The van der Waals surface area contributed by atoms with Crippen LogP contribution in [0, 0.1) is 0 Å². The molecule has 0 aliphatic carbocycles. The Balaban J connectivity index is 2.79. The molecule has 0 aromatic heterocycles. The number of methoxy groups -OCH3 is 1. The quantitative estimate of drug-likeness (QED) is 0.740. The smallest absolute Gasteiger partial charge is 0.337 e. The molecule has 2 amide bonds. The highest BCUT2D eigenvalue weighted by Gasteiger charge is 2.15. The van der Waals surface area contributed by atoms with E-state index in [1.807, 2.05) is 6.92 Å². The average molecular weight is 345 g/mol. The van der Waals surface area contributed by atoms with Crippen LogP contribution in [0.3, 0.4) is 0 Å². The number of rotatable bonds is 6. The highest BCUT2D eigenvalue weighted by atomic mass is 79.9. The number of carboxylic acids is 1. The first-order chi connectivity index (χ1) is 9.47. The molecule has 1 atom stereocenters. The molecule has 0 aliphatic rings. The Kier molecular flexibility index (Phi) is 6.47. The number of aromatic carboxylic acids is 1. The Morgan fingerprint density at radius 3 is 2.70 bits per heavy atom. The molecule has 1 aromatic rings. The van der Waals surface area contributed by atoms with Crippen LogP contribution in [0.1, 0.15) is 23.7 Å². The van der Waals surface area contributed by atoms with Gasteiger partial charge in [0.1, 0.15) is 0 Å². The molecule has 0 aliphatic heterocycles. The van der Waals surface area contributed by atoms with Crippen molar-refractivity contribution in [3.05, 3.63) is 28.2 Å². The number of carbonyl (C=O) groups is 2. The summed E-state index contributed by atoms with van der Waals surface area (Å²) in [5.74, 6) is -1.10. The van der Waals surface area contributed by atoms with Gasteiger partial charge in [-0.3, -0.25) is 0 Å². The number of halogens is 1. The maximum atomic E-state index is 11.9. The van der Waals surface area contributed by atoms with Gasteiger partial charge in [0.05, 0.1) is 23.9 Å². The minimum atomic E-state index is -1.10. The number of urea groups is 1. The first kappa shape index (κ1) is 16.5. The van der Waals surface area contributed by atoms with Crippen LogP contribution < -0.4 is 10.6 Å². The van der Waals surface area contributed by atoms with Crippen LogP contribution >= 0.6 is 15.9 Å². The largest absolute Gasteiger partial charge is 0.478 e. The summed E-state index contributed by atoms with van der Waals surface area (Å²) >= 11 is 3.24. The molecule has 20 heavy (non-hydrogen) atoms. The van der Waals surface area contributed by atoms with Gasteiger partial charge in [0.15, 0.2) is 0 Å². The number of carbonyl (C=O) groups excluding carboxylic acids is 1. The van der Waals surface area contributed by atoms with Gasteiger partial charge in [-0.2, -0.15) is 0 Å². The van der Waals surface area contributed by atoms with Crippen LogP contribution in [0.2, 0.25) is 0 Å².